The molecular formula is C19H17N5O2S. The number of hydrogen-bond acceptors (Lipinski definition) is 6. The van der Waals surface area contributed by atoms with Gasteiger partial charge in [-0.1, -0.05) is 36.0 Å². The van der Waals surface area contributed by atoms with Crippen molar-refractivity contribution in [1.82, 2.24) is 14.8 Å². The van der Waals surface area contributed by atoms with Gasteiger partial charge in [0.2, 0.25) is 5.91 Å². The van der Waals surface area contributed by atoms with Gasteiger partial charge in [-0.15, -0.1) is 10.2 Å². The van der Waals surface area contributed by atoms with Crippen molar-refractivity contribution >= 4 is 23.4 Å². The van der Waals surface area contributed by atoms with Crippen LogP contribution in [0, 0.1) is 11.3 Å². The molecule has 0 aliphatic carbocycles. The molecule has 3 rings (SSSR count). The number of carbonyl (C=O) groups excluding carboxylic acids is 1. The molecule has 0 radical (unpaired) electrons. The lowest BCUT2D eigenvalue weighted by molar-refractivity contribution is -0.113. The minimum absolute atomic E-state index is 0.161. The summed E-state index contributed by atoms with van der Waals surface area (Å²) in [5, 5.41) is 20.7. The second-order valence-electron chi connectivity index (χ2n) is 5.53. The molecule has 27 heavy (non-hydrogen) atoms. The molecule has 1 aromatic heterocycles. The molecule has 0 unspecified atom stereocenters. The monoisotopic (exact) mass is 379 g/mol. The first-order chi connectivity index (χ1) is 13.2. The maximum Gasteiger partial charge on any atom is 0.234 e. The fourth-order valence-electron chi connectivity index (χ4n) is 2.45. The molecule has 0 aliphatic heterocycles. The minimum Gasteiger partial charge on any atom is -0.377 e. The third-order valence-electron chi connectivity index (χ3n) is 3.60. The molecular weight excluding hydrogens is 362 g/mol. The second-order valence-corrected chi connectivity index (χ2v) is 6.47. The number of anilines is 1. The van der Waals surface area contributed by atoms with E-state index in [2.05, 4.69) is 15.5 Å². The van der Waals surface area contributed by atoms with Crippen LogP contribution in [0.4, 0.5) is 5.69 Å². The van der Waals surface area contributed by atoms with Gasteiger partial charge in [0, 0.05) is 18.5 Å². The highest BCUT2D eigenvalue weighted by atomic mass is 32.2. The third kappa shape index (κ3) is 4.73. The summed E-state index contributed by atoms with van der Waals surface area (Å²) in [6.45, 7) is 0.315. The van der Waals surface area contributed by atoms with Crippen LogP contribution in [0.1, 0.15) is 11.4 Å². The summed E-state index contributed by atoms with van der Waals surface area (Å²) in [6, 6.07) is 18.5. The molecule has 0 saturated carbocycles. The van der Waals surface area contributed by atoms with Crippen molar-refractivity contribution in [2.45, 2.75) is 11.8 Å². The van der Waals surface area contributed by atoms with Crippen LogP contribution in [0.5, 0.6) is 0 Å². The molecule has 1 heterocycles. The standard InChI is InChI=1S/C19H17N5O2S/c1-26-12-17-22-23-19(24(17)16-8-3-2-4-9-16)27-13-18(25)21-15-7-5-6-14(10-15)11-20/h2-10H,12-13H2,1H3,(H,21,25). The number of carbonyl (C=O) groups is 1. The molecule has 0 atom stereocenters. The lowest BCUT2D eigenvalue weighted by Crippen LogP contribution is -2.14. The average Bonchev–Trinajstić information content (AvgIpc) is 3.10. The SMILES string of the molecule is COCc1nnc(SCC(=O)Nc2cccc(C#N)c2)n1-c1ccccc1. The summed E-state index contributed by atoms with van der Waals surface area (Å²) in [5.74, 6) is 0.633. The van der Waals surface area contributed by atoms with E-state index in [0.717, 1.165) is 5.69 Å². The molecule has 8 heteroatoms. The maximum absolute atomic E-state index is 12.3. The summed E-state index contributed by atoms with van der Waals surface area (Å²) in [4.78, 5) is 12.3. The van der Waals surface area contributed by atoms with Crippen LogP contribution in [0.15, 0.2) is 59.8 Å². The molecule has 0 saturated heterocycles. The van der Waals surface area contributed by atoms with Crippen LogP contribution in [-0.2, 0) is 16.1 Å². The van der Waals surface area contributed by atoms with Crippen LogP contribution >= 0.6 is 11.8 Å². The second kappa shape index (κ2) is 8.98. The number of ether oxygens (including phenoxy) is 1. The van der Waals surface area contributed by atoms with E-state index >= 15 is 0 Å². The van der Waals surface area contributed by atoms with Crippen molar-refractivity contribution in [2.75, 3.05) is 18.2 Å². The van der Waals surface area contributed by atoms with Gasteiger partial charge < -0.3 is 10.1 Å². The fraction of sp³-hybridized carbons (Fsp3) is 0.158. The Kier molecular flexibility index (Phi) is 6.20. The number of methoxy groups -OCH3 is 1. The zero-order chi connectivity index (χ0) is 19.1. The van der Waals surface area contributed by atoms with Crippen molar-refractivity contribution in [3.05, 3.63) is 66.0 Å². The molecule has 136 valence electrons. The molecule has 3 aromatic rings. The van der Waals surface area contributed by atoms with Crippen molar-refractivity contribution in [1.29, 1.82) is 5.26 Å². The van der Waals surface area contributed by atoms with Gasteiger partial charge in [0.25, 0.3) is 0 Å². The van der Waals surface area contributed by atoms with Crippen LogP contribution in [0.2, 0.25) is 0 Å². The summed E-state index contributed by atoms with van der Waals surface area (Å²) in [5.41, 5.74) is 1.98. The smallest absolute Gasteiger partial charge is 0.234 e. The normalized spacial score (nSPS) is 10.4. The molecule has 0 fully saturated rings. The Bertz CT molecular complexity index is 966. The number of nitriles is 1. The van der Waals surface area contributed by atoms with E-state index in [-0.39, 0.29) is 11.7 Å². The van der Waals surface area contributed by atoms with Gasteiger partial charge in [-0.05, 0) is 30.3 Å². The number of hydrogen-bond donors (Lipinski definition) is 1. The molecule has 7 nitrogen and oxygen atoms in total. The zero-order valence-corrected chi connectivity index (χ0v) is 15.4. The Hall–Kier alpha value is -3.15. The molecule has 0 aliphatic rings. The van der Waals surface area contributed by atoms with Gasteiger partial charge in [0.1, 0.15) is 6.61 Å². The van der Waals surface area contributed by atoms with Crippen LogP contribution in [-0.4, -0.2) is 33.5 Å². The van der Waals surface area contributed by atoms with Crippen molar-refractivity contribution in [2.24, 2.45) is 0 Å². The molecule has 2 aromatic carbocycles. The Morgan fingerprint density at radius 3 is 2.78 bits per heavy atom. The Morgan fingerprint density at radius 1 is 1.22 bits per heavy atom. The highest BCUT2D eigenvalue weighted by Crippen LogP contribution is 2.22. The Balaban J connectivity index is 1.72. The summed E-state index contributed by atoms with van der Waals surface area (Å²) < 4.78 is 7.06. The first-order valence-corrected chi connectivity index (χ1v) is 9.11. The van der Waals surface area contributed by atoms with Crippen molar-refractivity contribution in [3.63, 3.8) is 0 Å². The number of benzene rings is 2. The quantitative estimate of drug-likeness (QED) is 0.634. The van der Waals surface area contributed by atoms with E-state index in [1.165, 1.54) is 11.8 Å². The minimum atomic E-state index is -0.189. The largest absolute Gasteiger partial charge is 0.377 e. The Morgan fingerprint density at radius 2 is 2.04 bits per heavy atom. The number of aromatic nitrogens is 3. The highest BCUT2D eigenvalue weighted by Gasteiger charge is 2.15. The lowest BCUT2D eigenvalue weighted by atomic mass is 10.2. The van der Waals surface area contributed by atoms with E-state index in [1.807, 2.05) is 41.0 Å². The number of para-hydroxylation sites is 1. The van der Waals surface area contributed by atoms with Gasteiger partial charge >= 0.3 is 0 Å². The Labute approximate surface area is 161 Å². The van der Waals surface area contributed by atoms with Crippen molar-refractivity contribution < 1.29 is 9.53 Å². The summed E-state index contributed by atoms with van der Waals surface area (Å²) in [7, 11) is 1.60. The first-order valence-electron chi connectivity index (χ1n) is 8.12. The van der Waals surface area contributed by atoms with E-state index < -0.39 is 0 Å². The van der Waals surface area contributed by atoms with E-state index in [9.17, 15) is 4.79 Å². The van der Waals surface area contributed by atoms with E-state index in [4.69, 9.17) is 10.00 Å². The van der Waals surface area contributed by atoms with E-state index in [0.29, 0.717) is 28.8 Å². The fourth-order valence-corrected chi connectivity index (χ4v) is 3.22. The predicted molar refractivity (Wildman–Crippen MR) is 103 cm³/mol. The number of amides is 1. The lowest BCUT2D eigenvalue weighted by Gasteiger charge is -2.10. The predicted octanol–water partition coefficient (Wildman–Crippen LogP) is 3.02. The van der Waals surface area contributed by atoms with Gasteiger partial charge in [-0.3, -0.25) is 9.36 Å². The number of nitrogens with zero attached hydrogens (tertiary/aromatic N) is 4. The van der Waals surface area contributed by atoms with E-state index in [1.54, 1.807) is 31.4 Å². The van der Waals surface area contributed by atoms with Gasteiger partial charge in [0.15, 0.2) is 11.0 Å². The zero-order valence-electron chi connectivity index (χ0n) is 14.6. The van der Waals surface area contributed by atoms with Gasteiger partial charge in [-0.2, -0.15) is 5.26 Å². The molecule has 0 bridgehead atoms. The number of rotatable bonds is 7. The third-order valence-corrected chi connectivity index (χ3v) is 4.52. The number of nitrogens with one attached hydrogen (secondary N) is 1. The topological polar surface area (TPSA) is 92.8 Å². The summed E-state index contributed by atoms with van der Waals surface area (Å²) in [6.07, 6.45) is 0. The first kappa shape index (κ1) is 18.6. The van der Waals surface area contributed by atoms with Crippen molar-refractivity contribution in [3.8, 4) is 11.8 Å². The maximum atomic E-state index is 12.3. The number of thioether (sulfide) groups is 1. The van der Waals surface area contributed by atoms with Gasteiger partial charge in [-0.25, -0.2) is 0 Å². The molecule has 1 N–H and O–H groups in total. The van der Waals surface area contributed by atoms with Crippen LogP contribution in [0.3, 0.4) is 0 Å². The van der Waals surface area contributed by atoms with Crippen LogP contribution < -0.4 is 5.32 Å². The van der Waals surface area contributed by atoms with Crippen LogP contribution in [0.25, 0.3) is 5.69 Å². The molecule has 1 amide bonds. The average molecular weight is 379 g/mol. The molecule has 0 spiro atoms. The summed E-state index contributed by atoms with van der Waals surface area (Å²) >= 11 is 1.28. The highest BCUT2D eigenvalue weighted by molar-refractivity contribution is 7.99. The van der Waals surface area contributed by atoms with Gasteiger partial charge in [0.05, 0.1) is 17.4 Å².